The monoisotopic (exact) mass is 617 g/mol. The lowest BCUT2D eigenvalue weighted by Gasteiger charge is -2.17. The van der Waals surface area contributed by atoms with Gasteiger partial charge in [0.05, 0.1) is 0 Å². The number of hydrogen-bond acceptors (Lipinski definition) is 4. The van der Waals surface area contributed by atoms with Crippen LogP contribution in [0.4, 0.5) is 11.4 Å². The Balaban J connectivity index is 1.31. The number of nitrogens with one attached hydrogen (secondary N) is 3. The van der Waals surface area contributed by atoms with E-state index in [1.165, 1.54) is 11.8 Å². The van der Waals surface area contributed by atoms with Crippen molar-refractivity contribution in [3.8, 4) is 0 Å². The number of benzene rings is 5. The summed E-state index contributed by atoms with van der Waals surface area (Å²) in [6.45, 7) is 0. The first-order chi connectivity index (χ1) is 21.4. The van der Waals surface area contributed by atoms with Crippen LogP contribution in [0.3, 0.4) is 0 Å². The highest BCUT2D eigenvalue weighted by molar-refractivity contribution is 8.00. The molecule has 0 heterocycles. The number of carbonyl (C=O) groups excluding carboxylic acids is 3. The van der Waals surface area contributed by atoms with Crippen LogP contribution in [0.2, 0.25) is 5.02 Å². The Morgan fingerprint density at radius 3 is 1.82 bits per heavy atom. The van der Waals surface area contributed by atoms with Crippen LogP contribution in [0.1, 0.15) is 26.7 Å². The predicted octanol–water partition coefficient (Wildman–Crippen LogP) is 8.22. The Hall–Kier alpha value is -5.11. The smallest absolute Gasteiger partial charge is 0.272 e. The first-order valence-electron chi connectivity index (χ1n) is 13.8. The highest BCUT2D eigenvalue weighted by Gasteiger charge is 2.22. The number of carbonyl (C=O) groups is 3. The molecule has 5 rings (SSSR count). The summed E-state index contributed by atoms with van der Waals surface area (Å²) in [6.07, 6.45) is 1.63. The Labute approximate surface area is 265 Å². The molecule has 0 aliphatic heterocycles. The lowest BCUT2D eigenvalue weighted by atomic mass is 10.1. The second-order valence-corrected chi connectivity index (χ2v) is 11.3. The van der Waals surface area contributed by atoms with Gasteiger partial charge < -0.3 is 16.0 Å². The van der Waals surface area contributed by atoms with Crippen LogP contribution in [0.5, 0.6) is 0 Å². The largest absolute Gasteiger partial charge is 0.325 e. The van der Waals surface area contributed by atoms with Gasteiger partial charge in [0.2, 0.25) is 5.91 Å². The molecule has 218 valence electrons. The molecule has 3 amide bonds. The van der Waals surface area contributed by atoms with Crippen molar-refractivity contribution in [3.63, 3.8) is 0 Å². The lowest BCUT2D eigenvalue weighted by molar-refractivity contribution is -0.116. The van der Waals surface area contributed by atoms with Gasteiger partial charge in [0.15, 0.2) is 0 Å². The normalized spacial score (nSPS) is 11.7. The molecule has 0 saturated heterocycles. The van der Waals surface area contributed by atoms with Crippen molar-refractivity contribution in [1.82, 2.24) is 5.32 Å². The molecule has 5 aromatic carbocycles. The first kappa shape index (κ1) is 30.4. The molecule has 5 aromatic rings. The number of thioether (sulfide) groups is 1. The molecule has 0 spiro atoms. The molecule has 0 aliphatic rings. The number of anilines is 2. The average molecular weight is 618 g/mol. The molecule has 0 bridgehead atoms. The predicted molar refractivity (Wildman–Crippen MR) is 179 cm³/mol. The molecule has 0 fully saturated rings. The van der Waals surface area contributed by atoms with Crippen LogP contribution in [-0.4, -0.2) is 17.7 Å². The fraction of sp³-hybridized carbons (Fsp3) is 0.0278. The summed E-state index contributed by atoms with van der Waals surface area (Å²) in [7, 11) is 0. The van der Waals surface area contributed by atoms with Gasteiger partial charge >= 0.3 is 0 Å². The van der Waals surface area contributed by atoms with Crippen LogP contribution in [0.15, 0.2) is 150 Å². The molecular formula is C36H28ClN3O3S. The number of amides is 3. The van der Waals surface area contributed by atoms with E-state index in [-0.39, 0.29) is 11.6 Å². The molecular weight excluding hydrogens is 590 g/mol. The van der Waals surface area contributed by atoms with Crippen molar-refractivity contribution >= 4 is 58.5 Å². The van der Waals surface area contributed by atoms with Crippen LogP contribution in [-0.2, 0) is 9.59 Å². The van der Waals surface area contributed by atoms with Crippen LogP contribution >= 0.6 is 23.4 Å². The maximum absolute atomic E-state index is 13.4. The Morgan fingerprint density at radius 2 is 1.18 bits per heavy atom. The van der Waals surface area contributed by atoms with Crippen molar-refractivity contribution in [2.24, 2.45) is 0 Å². The van der Waals surface area contributed by atoms with Crippen molar-refractivity contribution < 1.29 is 14.4 Å². The van der Waals surface area contributed by atoms with E-state index in [2.05, 4.69) is 16.0 Å². The Kier molecular flexibility index (Phi) is 10.3. The molecule has 0 aromatic heterocycles. The molecule has 44 heavy (non-hydrogen) atoms. The third-order valence-corrected chi connectivity index (χ3v) is 7.98. The minimum atomic E-state index is -0.527. The quantitative estimate of drug-likeness (QED) is 0.109. The summed E-state index contributed by atoms with van der Waals surface area (Å²) in [4.78, 5) is 40.4. The molecule has 3 N–H and O–H groups in total. The van der Waals surface area contributed by atoms with E-state index in [4.69, 9.17) is 11.6 Å². The summed E-state index contributed by atoms with van der Waals surface area (Å²) in [5, 5.41) is 8.65. The van der Waals surface area contributed by atoms with Crippen molar-refractivity contribution in [3.05, 3.63) is 167 Å². The minimum Gasteiger partial charge on any atom is -0.325 e. The third kappa shape index (κ3) is 8.47. The van der Waals surface area contributed by atoms with E-state index < -0.39 is 17.1 Å². The van der Waals surface area contributed by atoms with Gasteiger partial charge in [0.1, 0.15) is 10.9 Å². The zero-order chi connectivity index (χ0) is 30.7. The average Bonchev–Trinajstić information content (AvgIpc) is 3.06. The summed E-state index contributed by atoms with van der Waals surface area (Å²) in [6, 6.07) is 41.7. The first-order valence-corrected chi connectivity index (χ1v) is 15.0. The molecule has 1 unspecified atom stereocenters. The van der Waals surface area contributed by atoms with Gasteiger partial charge in [-0.25, -0.2) is 0 Å². The van der Waals surface area contributed by atoms with E-state index >= 15 is 0 Å². The summed E-state index contributed by atoms with van der Waals surface area (Å²) in [5.74, 6) is -1.03. The summed E-state index contributed by atoms with van der Waals surface area (Å²) < 4.78 is 0. The van der Waals surface area contributed by atoms with Crippen molar-refractivity contribution in [2.45, 2.75) is 10.1 Å². The van der Waals surface area contributed by atoms with Gasteiger partial charge in [0, 0.05) is 26.9 Å². The fourth-order valence-corrected chi connectivity index (χ4v) is 5.40. The Morgan fingerprint density at radius 1 is 0.636 bits per heavy atom. The van der Waals surface area contributed by atoms with E-state index in [9.17, 15) is 14.4 Å². The summed E-state index contributed by atoms with van der Waals surface area (Å²) >= 11 is 7.39. The van der Waals surface area contributed by atoms with Crippen molar-refractivity contribution in [2.75, 3.05) is 10.6 Å². The molecule has 0 radical (unpaired) electrons. The minimum absolute atomic E-state index is 0.103. The topological polar surface area (TPSA) is 87.3 Å². The fourth-order valence-electron chi connectivity index (χ4n) is 4.25. The molecule has 6 nitrogen and oxygen atoms in total. The van der Waals surface area contributed by atoms with E-state index in [0.29, 0.717) is 22.0 Å². The van der Waals surface area contributed by atoms with E-state index in [1.807, 2.05) is 78.9 Å². The number of halogens is 1. The standard InChI is InChI=1S/C36H28ClN3O3S/c37-28-16-18-29(19-17-28)39-36(43)33(26-12-6-2-7-13-26)44-31-22-20-30(21-23-31)38-35(42)32(24-25-10-4-1-5-11-25)40-34(41)27-14-8-3-9-15-27/h1-24,33H,(H,38,42)(H,39,43)(H,40,41)/b32-24-. The molecule has 8 heteroatoms. The SMILES string of the molecule is O=C(Nc1ccc(SC(C(=O)Nc2ccc(Cl)cc2)c2ccccc2)cc1)/C(=C/c1ccccc1)NC(=O)c1ccccc1. The molecule has 1 atom stereocenters. The second kappa shape index (κ2) is 14.9. The van der Waals surface area contributed by atoms with Gasteiger partial charge in [0.25, 0.3) is 11.8 Å². The summed E-state index contributed by atoms with van der Waals surface area (Å²) in [5.41, 5.74) is 3.35. The third-order valence-electron chi connectivity index (χ3n) is 6.46. The highest BCUT2D eigenvalue weighted by Crippen LogP contribution is 2.37. The maximum atomic E-state index is 13.4. The second-order valence-electron chi connectivity index (χ2n) is 9.67. The van der Waals surface area contributed by atoms with Crippen LogP contribution in [0.25, 0.3) is 6.08 Å². The zero-order valence-electron chi connectivity index (χ0n) is 23.4. The Bertz CT molecular complexity index is 1750. The van der Waals surface area contributed by atoms with Gasteiger partial charge in [-0.2, -0.15) is 0 Å². The number of hydrogen-bond donors (Lipinski definition) is 3. The number of rotatable bonds is 10. The molecule has 0 saturated carbocycles. The van der Waals surface area contributed by atoms with Gasteiger partial charge in [-0.3, -0.25) is 14.4 Å². The highest BCUT2D eigenvalue weighted by atomic mass is 35.5. The van der Waals surface area contributed by atoms with Gasteiger partial charge in [-0.05, 0) is 77.9 Å². The van der Waals surface area contributed by atoms with Crippen LogP contribution in [0, 0.1) is 0 Å². The zero-order valence-corrected chi connectivity index (χ0v) is 25.0. The van der Waals surface area contributed by atoms with Gasteiger partial charge in [-0.1, -0.05) is 90.5 Å². The van der Waals surface area contributed by atoms with Crippen LogP contribution < -0.4 is 16.0 Å². The van der Waals surface area contributed by atoms with E-state index in [0.717, 1.165) is 16.0 Å². The van der Waals surface area contributed by atoms with Gasteiger partial charge in [-0.15, -0.1) is 11.8 Å². The van der Waals surface area contributed by atoms with Crippen molar-refractivity contribution in [1.29, 1.82) is 0 Å². The van der Waals surface area contributed by atoms with E-state index in [1.54, 1.807) is 66.7 Å². The lowest BCUT2D eigenvalue weighted by Crippen LogP contribution is -2.30. The maximum Gasteiger partial charge on any atom is 0.272 e. The molecule has 0 aliphatic carbocycles.